The van der Waals surface area contributed by atoms with Gasteiger partial charge in [0.1, 0.15) is 17.5 Å². The van der Waals surface area contributed by atoms with Crippen molar-refractivity contribution in [2.24, 2.45) is 5.73 Å². The van der Waals surface area contributed by atoms with Crippen molar-refractivity contribution in [2.75, 3.05) is 0 Å². The molecule has 0 aromatic heterocycles. The van der Waals surface area contributed by atoms with Crippen LogP contribution in [0.3, 0.4) is 0 Å². The zero-order chi connectivity index (χ0) is 14.0. The average Bonchev–Trinajstić information content (AvgIpc) is 2.33. The minimum atomic E-state index is -0.694. The number of halogens is 4. The molecule has 5 heteroatoms. The monoisotopic (exact) mass is 285 g/mol. The van der Waals surface area contributed by atoms with Gasteiger partial charge in [-0.2, -0.15) is 0 Å². The number of rotatable bonds is 3. The maximum Gasteiger partial charge on any atom is 0.141 e. The quantitative estimate of drug-likeness (QED) is 0.906. The topological polar surface area (TPSA) is 26.0 Å². The van der Waals surface area contributed by atoms with Crippen LogP contribution in [-0.2, 0) is 6.42 Å². The van der Waals surface area contributed by atoms with Crippen LogP contribution in [0.2, 0.25) is 5.02 Å². The SMILES string of the molecule is NC(Cc1ccc(F)c(Cl)c1)c1ccc(F)cc1F. The molecule has 0 aliphatic rings. The Kier molecular flexibility index (Phi) is 4.12. The summed E-state index contributed by atoms with van der Waals surface area (Å²) in [6.07, 6.45) is 0.280. The molecule has 2 N–H and O–H groups in total. The molecule has 1 nitrogen and oxygen atoms in total. The van der Waals surface area contributed by atoms with Crippen LogP contribution >= 0.6 is 11.6 Å². The molecule has 0 heterocycles. The normalized spacial score (nSPS) is 12.5. The van der Waals surface area contributed by atoms with Crippen molar-refractivity contribution >= 4 is 11.6 Å². The van der Waals surface area contributed by atoms with Crippen LogP contribution < -0.4 is 5.73 Å². The minimum absolute atomic E-state index is 0.00993. The van der Waals surface area contributed by atoms with Crippen molar-refractivity contribution in [3.8, 4) is 0 Å². The maximum absolute atomic E-state index is 13.5. The molecular weight excluding hydrogens is 275 g/mol. The summed E-state index contributed by atoms with van der Waals surface area (Å²) in [4.78, 5) is 0. The maximum atomic E-state index is 13.5. The van der Waals surface area contributed by atoms with E-state index in [0.29, 0.717) is 5.56 Å². The van der Waals surface area contributed by atoms with E-state index in [1.165, 1.54) is 24.3 Å². The van der Waals surface area contributed by atoms with Gasteiger partial charge >= 0.3 is 0 Å². The van der Waals surface area contributed by atoms with E-state index in [0.717, 1.165) is 12.1 Å². The molecule has 0 amide bonds. The Balaban J connectivity index is 2.20. The second-order valence-corrected chi connectivity index (χ2v) is 4.63. The first kappa shape index (κ1) is 13.9. The third kappa shape index (κ3) is 3.28. The van der Waals surface area contributed by atoms with E-state index < -0.39 is 23.5 Å². The van der Waals surface area contributed by atoms with Gasteiger partial charge in [0, 0.05) is 17.7 Å². The van der Waals surface area contributed by atoms with Gasteiger partial charge in [-0.05, 0) is 30.2 Å². The third-order valence-electron chi connectivity index (χ3n) is 2.80. The smallest absolute Gasteiger partial charge is 0.141 e. The van der Waals surface area contributed by atoms with Gasteiger partial charge in [-0.1, -0.05) is 23.7 Å². The standard InChI is InChI=1S/C14H11ClF3N/c15-11-5-8(1-4-12(11)17)6-14(19)10-3-2-9(16)7-13(10)18/h1-5,7,14H,6,19H2. The molecule has 0 aliphatic heterocycles. The van der Waals surface area contributed by atoms with Crippen LogP contribution in [0.25, 0.3) is 0 Å². The minimum Gasteiger partial charge on any atom is -0.324 e. The molecule has 2 aromatic carbocycles. The molecule has 0 saturated heterocycles. The molecular formula is C14H11ClF3N. The lowest BCUT2D eigenvalue weighted by Crippen LogP contribution is -2.15. The van der Waals surface area contributed by atoms with Gasteiger partial charge in [0.2, 0.25) is 0 Å². The summed E-state index contributed by atoms with van der Waals surface area (Å²) in [6, 6.07) is 6.79. The molecule has 2 aromatic rings. The first-order valence-corrected chi connectivity index (χ1v) is 5.99. The van der Waals surface area contributed by atoms with Crippen LogP contribution in [0.5, 0.6) is 0 Å². The number of hydrogen-bond donors (Lipinski definition) is 1. The van der Waals surface area contributed by atoms with Gasteiger partial charge in [0.05, 0.1) is 5.02 Å². The van der Waals surface area contributed by atoms with Crippen molar-refractivity contribution in [3.63, 3.8) is 0 Å². The molecule has 100 valence electrons. The van der Waals surface area contributed by atoms with E-state index in [2.05, 4.69) is 0 Å². The summed E-state index contributed by atoms with van der Waals surface area (Å²) < 4.78 is 39.3. The van der Waals surface area contributed by atoms with E-state index in [4.69, 9.17) is 17.3 Å². The lowest BCUT2D eigenvalue weighted by Gasteiger charge is -2.13. The number of hydrogen-bond acceptors (Lipinski definition) is 1. The molecule has 0 spiro atoms. The zero-order valence-corrected chi connectivity index (χ0v) is 10.6. The van der Waals surface area contributed by atoms with Crippen molar-refractivity contribution in [1.29, 1.82) is 0 Å². The van der Waals surface area contributed by atoms with E-state index in [1.54, 1.807) is 0 Å². The van der Waals surface area contributed by atoms with Crippen molar-refractivity contribution in [3.05, 3.63) is 70.0 Å². The lowest BCUT2D eigenvalue weighted by molar-refractivity contribution is 0.554. The fraction of sp³-hybridized carbons (Fsp3) is 0.143. The second kappa shape index (κ2) is 5.63. The molecule has 0 fully saturated rings. The Bertz CT molecular complexity index is 601. The largest absolute Gasteiger partial charge is 0.324 e. The molecule has 19 heavy (non-hydrogen) atoms. The average molecular weight is 286 g/mol. The highest BCUT2D eigenvalue weighted by Crippen LogP contribution is 2.22. The summed E-state index contributed by atoms with van der Waals surface area (Å²) in [6.45, 7) is 0. The van der Waals surface area contributed by atoms with E-state index in [1.807, 2.05) is 0 Å². The summed E-state index contributed by atoms with van der Waals surface area (Å²) in [5.74, 6) is -1.87. The highest BCUT2D eigenvalue weighted by atomic mass is 35.5. The molecule has 0 radical (unpaired) electrons. The first-order chi connectivity index (χ1) is 8.97. The van der Waals surface area contributed by atoms with Crippen molar-refractivity contribution in [2.45, 2.75) is 12.5 Å². The Hall–Kier alpha value is -1.52. The van der Waals surface area contributed by atoms with Gasteiger partial charge in [-0.15, -0.1) is 0 Å². The highest BCUT2D eigenvalue weighted by molar-refractivity contribution is 6.30. The van der Waals surface area contributed by atoms with Crippen LogP contribution in [-0.4, -0.2) is 0 Å². The summed E-state index contributed by atoms with van der Waals surface area (Å²) in [5.41, 5.74) is 6.76. The van der Waals surface area contributed by atoms with Crippen LogP contribution in [0.4, 0.5) is 13.2 Å². The molecule has 0 bridgehead atoms. The van der Waals surface area contributed by atoms with Crippen LogP contribution in [0.1, 0.15) is 17.2 Å². The van der Waals surface area contributed by atoms with E-state index in [-0.39, 0.29) is 17.0 Å². The van der Waals surface area contributed by atoms with Gasteiger partial charge in [-0.3, -0.25) is 0 Å². The Morgan fingerprint density at radius 1 is 1.00 bits per heavy atom. The van der Waals surface area contributed by atoms with Gasteiger partial charge < -0.3 is 5.73 Å². The number of nitrogens with two attached hydrogens (primary N) is 1. The Morgan fingerprint density at radius 3 is 2.37 bits per heavy atom. The second-order valence-electron chi connectivity index (χ2n) is 4.22. The highest BCUT2D eigenvalue weighted by Gasteiger charge is 2.13. The number of benzene rings is 2. The predicted octanol–water partition coefficient (Wildman–Crippen LogP) is 4.00. The molecule has 1 unspecified atom stereocenters. The Morgan fingerprint density at radius 2 is 1.74 bits per heavy atom. The van der Waals surface area contributed by atoms with Crippen molar-refractivity contribution in [1.82, 2.24) is 0 Å². The molecule has 0 saturated carbocycles. The first-order valence-electron chi connectivity index (χ1n) is 5.62. The molecule has 1 atom stereocenters. The molecule has 2 rings (SSSR count). The van der Waals surface area contributed by atoms with Gasteiger partial charge in [0.15, 0.2) is 0 Å². The fourth-order valence-corrected chi connectivity index (χ4v) is 2.04. The van der Waals surface area contributed by atoms with E-state index >= 15 is 0 Å². The summed E-state index contributed by atoms with van der Waals surface area (Å²) in [7, 11) is 0. The summed E-state index contributed by atoms with van der Waals surface area (Å²) in [5, 5.41) is -0.00993. The lowest BCUT2D eigenvalue weighted by atomic mass is 9.99. The van der Waals surface area contributed by atoms with Crippen LogP contribution in [0, 0.1) is 17.5 Å². The molecule has 0 aliphatic carbocycles. The van der Waals surface area contributed by atoms with Crippen LogP contribution in [0.15, 0.2) is 36.4 Å². The van der Waals surface area contributed by atoms with Gasteiger partial charge in [0.25, 0.3) is 0 Å². The predicted molar refractivity (Wildman–Crippen MR) is 68.4 cm³/mol. The third-order valence-corrected chi connectivity index (χ3v) is 3.09. The zero-order valence-electron chi connectivity index (χ0n) is 9.84. The summed E-state index contributed by atoms with van der Waals surface area (Å²) >= 11 is 5.66. The van der Waals surface area contributed by atoms with Gasteiger partial charge in [-0.25, -0.2) is 13.2 Å². The Labute approximate surface area is 113 Å². The fourth-order valence-electron chi connectivity index (χ4n) is 1.83. The van der Waals surface area contributed by atoms with E-state index in [9.17, 15) is 13.2 Å². The van der Waals surface area contributed by atoms with Crippen molar-refractivity contribution < 1.29 is 13.2 Å².